The molecule has 1 aromatic carbocycles. The van der Waals surface area contributed by atoms with Crippen LogP contribution in [0.5, 0.6) is 0 Å². The molecule has 1 aromatic rings. The summed E-state index contributed by atoms with van der Waals surface area (Å²) in [5.41, 5.74) is -0.555. The minimum absolute atomic E-state index is 0.115. The van der Waals surface area contributed by atoms with Crippen LogP contribution >= 0.6 is 0 Å². The molecule has 128 valence electrons. The van der Waals surface area contributed by atoms with Gasteiger partial charge in [-0.3, -0.25) is 14.5 Å². The van der Waals surface area contributed by atoms with E-state index in [0.29, 0.717) is 4.90 Å². The predicted molar refractivity (Wildman–Crippen MR) is 79.7 cm³/mol. The molecule has 0 saturated carbocycles. The maximum absolute atomic E-state index is 12.4. The first-order chi connectivity index (χ1) is 11.0. The highest BCUT2D eigenvalue weighted by molar-refractivity contribution is 7.90. The van der Waals surface area contributed by atoms with Crippen LogP contribution in [0.2, 0.25) is 0 Å². The number of aliphatic carboxylic acids is 1. The third kappa shape index (κ3) is 3.27. The topological polar surface area (TPSA) is 146 Å². The van der Waals surface area contributed by atoms with Gasteiger partial charge in [-0.05, 0) is 24.6 Å². The molecule has 0 unspecified atom stereocenters. The van der Waals surface area contributed by atoms with Crippen molar-refractivity contribution in [3.05, 3.63) is 34.9 Å². The molecule has 0 aliphatic carbocycles. The van der Waals surface area contributed by atoms with Gasteiger partial charge in [-0.25, -0.2) is 18.0 Å². The summed E-state index contributed by atoms with van der Waals surface area (Å²) in [6.45, 7) is 0. The van der Waals surface area contributed by atoms with E-state index < -0.39 is 51.8 Å². The van der Waals surface area contributed by atoms with E-state index in [1.807, 2.05) is 0 Å². The Bertz CT molecular complexity index is 858. The van der Waals surface area contributed by atoms with E-state index in [1.54, 1.807) is 0 Å². The van der Waals surface area contributed by atoms with Crippen LogP contribution in [0, 0.1) is 0 Å². The molecule has 0 radical (unpaired) electrons. The zero-order chi connectivity index (χ0) is 18.2. The number of fused-ring (bicyclic) bond motifs is 1. The molecule has 10 heteroatoms. The Hall–Kier alpha value is -2.75. The van der Waals surface area contributed by atoms with Gasteiger partial charge in [0.25, 0.3) is 11.8 Å². The van der Waals surface area contributed by atoms with Gasteiger partial charge in [0.1, 0.15) is 15.9 Å². The monoisotopic (exact) mass is 355 g/mol. The Kier molecular flexibility index (Phi) is 4.43. The van der Waals surface area contributed by atoms with Gasteiger partial charge in [-0.2, -0.15) is 0 Å². The van der Waals surface area contributed by atoms with Crippen LogP contribution in [0.25, 0.3) is 0 Å². The SMILES string of the molecule is CS(=O)(=O)CC[C@@H](C(=O)O)N1C(=O)c2ccc(C(=O)O)cc2C1=O. The van der Waals surface area contributed by atoms with Crippen molar-refractivity contribution in [2.75, 3.05) is 12.0 Å². The summed E-state index contributed by atoms with van der Waals surface area (Å²) in [5, 5.41) is 18.2. The lowest BCUT2D eigenvalue weighted by atomic mass is 10.1. The summed E-state index contributed by atoms with van der Waals surface area (Å²) in [7, 11) is -3.49. The van der Waals surface area contributed by atoms with Crippen LogP contribution in [0.15, 0.2) is 18.2 Å². The first kappa shape index (κ1) is 17.6. The van der Waals surface area contributed by atoms with Gasteiger partial charge < -0.3 is 10.2 Å². The second kappa shape index (κ2) is 6.04. The largest absolute Gasteiger partial charge is 0.480 e. The Balaban J connectivity index is 2.40. The zero-order valence-corrected chi connectivity index (χ0v) is 13.2. The molecule has 1 aliphatic heterocycles. The molecule has 0 bridgehead atoms. The standard InChI is InChI=1S/C14H13NO8S/c1-24(22,23)5-4-10(14(20)21)15-11(16)8-3-2-7(13(18)19)6-9(8)12(15)17/h2-3,6,10H,4-5H2,1H3,(H,18,19)(H,20,21)/t10-/m0/s1. The summed E-state index contributed by atoms with van der Waals surface area (Å²) >= 11 is 0. The number of carboxylic acid groups (broad SMARTS) is 2. The van der Waals surface area contributed by atoms with Crippen molar-refractivity contribution >= 4 is 33.6 Å². The Morgan fingerprint density at radius 1 is 1.12 bits per heavy atom. The number of sulfone groups is 1. The Labute approximate surface area is 136 Å². The molecular weight excluding hydrogens is 342 g/mol. The molecule has 0 aromatic heterocycles. The van der Waals surface area contributed by atoms with Crippen LogP contribution in [0.4, 0.5) is 0 Å². The number of hydrogen-bond donors (Lipinski definition) is 2. The third-order valence-corrected chi connectivity index (χ3v) is 4.50. The van der Waals surface area contributed by atoms with Crippen molar-refractivity contribution in [2.24, 2.45) is 0 Å². The van der Waals surface area contributed by atoms with Gasteiger partial charge in [-0.15, -0.1) is 0 Å². The van der Waals surface area contributed by atoms with Crippen LogP contribution < -0.4 is 0 Å². The number of carbonyl (C=O) groups is 4. The van der Waals surface area contributed by atoms with Crippen LogP contribution in [-0.2, 0) is 14.6 Å². The van der Waals surface area contributed by atoms with E-state index in [2.05, 4.69) is 0 Å². The molecule has 0 spiro atoms. The Morgan fingerprint density at radius 2 is 1.71 bits per heavy atom. The highest BCUT2D eigenvalue weighted by atomic mass is 32.2. The summed E-state index contributed by atoms with van der Waals surface area (Å²) in [4.78, 5) is 47.5. The van der Waals surface area contributed by atoms with Crippen molar-refractivity contribution in [1.29, 1.82) is 0 Å². The molecule has 0 fully saturated rings. The molecule has 9 nitrogen and oxygen atoms in total. The van der Waals surface area contributed by atoms with E-state index in [9.17, 15) is 32.7 Å². The van der Waals surface area contributed by atoms with Crippen LogP contribution in [0.3, 0.4) is 0 Å². The minimum atomic E-state index is -3.49. The Morgan fingerprint density at radius 3 is 2.21 bits per heavy atom. The number of benzene rings is 1. The molecule has 2 rings (SSSR count). The number of carbonyl (C=O) groups excluding carboxylic acids is 2. The van der Waals surface area contributed by atoms with Gasteiger partial charge in [0, 0.05) is 6.26 Å². The second-order valence-electron chi connectivity index (χ2n) is 5.32. The fourth-order valence-electron chi connectivity index (χ4n) is 2.36. The smallest absolute Gasteiger partial charge is 0.335 e. The highest BCUT2D eigenvalue weighted by Gasteiger charge is 2.43. The summed E-state index contributed by atoms with van der Waals surface area (Å²) in [6, 6.07) is 1.60. The maximum Gasteiger partial charge on any atom is 0.335 e. The van der Waals surface area contributed by atoms with E-state index in [0.717, 1.165) is 24.5 Å². The first-order valence-corrected chi connectivity index (χ1v) is 8.74. The van der Waals surface area contributed by atoms with Crippen molar-refractivity contribution in [3.63, 3.8) is 0 Å². The summed E-state index contributed by atoms with van der Waals surface area (Å²) in [6.07, 6.45) is 0.457. The maximum atomic E-state index is 12.4. The van der Waals surface area contributed by atoms with Crippen LogP contribution in [0.1, 0.15) is 37.5 Å². The quantitative estimate of drug-likeness (QED) is 0.671. The number of rotatable bonds is 6. The first-order valence-electron chi connectivity index (χ1n) is 6.68. The third-order valence-electron chi connectivity index (χ3n) is 3.52. The summed E-state index contributed by atoms with van der Waals surface area (Å²) < 4.78 is 22.5. The average Bonchev–Trinajstić information content (AvgIpc) is 2.70. The highest BCUT2D eigenvalue weighted by Crippen LogP contribution is 2.27. The lowest BCUT2D eigenvalue weighted by molar-refractivity contribution is -0.141. The summed E-state index contributed by atoms with van der Waals surface area (Å²) in [5.74, 6) is -5.19. The lowest BCUT2D eigenvalue weighted by Gasteiger charge is -2.22. The molecular formula is C14H13NO8S. The molecule has 1 aliphatic rings. The van der Waals surface area contributed by atoms with E-state index in [-0.39, 0.29) is 16.7 Å². The van der Waals surface area contributed by atoms with E-state index >= 15 is 0 Å². The van der Waals surface area contributed by atoms with Crippen molar-refractivity contribution in [2.45, 2.75) is 12.5 Å². The second-order valence-corrected chi connectivity index (χ2v) is 7.58. The molecule has 2 amide bonds. The molecule has 0 saturated heterocycles. The van der Waals surface area contributed by atoms with Gasteiger partial charge in [-0.1, -0.05) is 0 Å². The molecule has 1 atom stereocenters. The lowest BCUT2D eigenvalue weighted by Crippen LogP contribution is -2.45. The number of hydrogen-bond acceptors (Lipinski definition) is 6. The minimum Gasteiger partial charge on any atom is -0.480 e. The molecule has 2 N–H and O–H groups in total. The fourth-order valence-corrected chi connectivity index (χ4v) is 3.02. The van der Waals surface area contributed by atoms with E-state index in [1.165, 1.54) is 0 Å². The van der Waals surface area contributed by atoms with Gasteiger partial charge in [0.05, 0.1) is 22.4 Å². The van der Waals surface area contributed by atoms with Crippen LogP contribution in [-0.4, -0.2) is 65.3 Å². The molecule has 24 heavy (non-hydrogen) atoms. The van der Waals surface area contributed by atoms with Gasteiger partial charge >= 0.3 is 11.9 Å². The zero-order valence-electron chi connectivity index (χ0n) is 12.4. The number of aromatic carboxylic acids is 1. The fraction of sp³-hybridized carbons (Fsp3) is 0.286. The predicted octanol–water partition coefficient (Wildman–Crippen LogP) is -0.131. The number of nitrogens with zero attached hydrogens (tertiary/aromatic N) is 1. The average molecular weight is 355 g/mol. The van der Waals surface area contributed by atoms with Crippen molar-refractivity contribution in [3.8, 4) is 0 Å². The van der Waals surface area contributed by atoms with Crippen molar-refractivity contribution in [1.82, 2.24) is 4.90 Å². The van der Waals surface area contributed by atoms with Crippen molar-refractivity contribution < 1.29 is 37.8 Å². The molecule has 1 heterocycles. The number of amides is 2. The normalized spacial score (nSPS) is 15.3. The van der Waals surface area contributed by atoms with E-state index in [4.69, 9.17) is 5.11 Å². The van der Waals surface area contributed by atoms with Gasteiger partial charge in [0.2, 0.25) is 0 Å². The number of carboxylic acids is 2. The number of imide groups is 1. The van der Waals surface area contributed by atoms with Gasteiger partial charge in [0.15, 0.2) is 0 Å².